The fourth-order valence-electron chi connectivity index (χ4n) is 2.09. The number of amides is 2. The van der Waals surface area contributed by atoms with Crippen LogP contribution in [0, 0.1) is 0 Å². The Morgan fingerprint density at radius 2 is 1.64 bits per heavy atom. The van der Waals surface area contributed by atoms with Crippen LogP contribution in [-0.4, -0.2) is 23.9 Å². The minimum atomic E-state index is -0.287. The summed E-state index contributed by atoms with van der Waals surface area (Å²) in [4.78, 5) is 24.0. The number of carbonyl (C=O) groups excluding carboxylic acids is 2. The van der Waals surface area contributed by atoms with Crippen molar-refractivity contribution in [1.82, 2.24) is 5.32 Å². The lowest BCUT2D eigenvalue weighted by Gasteiger charge is -2.20. The lowest BCUT2D eigenvalue weighted by atomic mass is 10.1. The highest BCUT2D eigenvalue weighted by Gasteiger charge is 2.15. The molecule has 0 spiro atoms. The van der Waals surface area contributed by atoms with Crippen LogP contribution in [0.2, 0.25) is 5.02 Å². The van der Waals surface area contributed by atoms with Gasteiger partial charge in [0.2, 0.25) is 5.91 Å². The zero-order valence-corrected chi connectivity index (χ0v) is 15.3. The Morgan fingerprint density at radius 3 is 2.24 bits per heavy atom. The molecule has 0 radical (unpaired) electrons. The molecule has 0 heterocycles. The molecule has 3 N–H and O–H groups in total. The van der Waals surface area contributed by atoms with E-state index in [1.54, 1.807) is 48.5 Å². The van der Waals surface area contributed by atoms with Crippen LogP contribution in [0.25, 0.3) is 0 Å². The first-order chi connectivity index (χ1) is 11.7. The summed E-state index contributed by atoms with van der Waals surface area (Å²) in [5.41, 5.74) is 1.61. The van der Waals surface area contributed by atoms with Gasteiger partial charge in [0.05, 0.1) is 17.3 Å². The van der Waals surface area contributed by atoms with Crippen molar-refractivity contribution in [2.75, 3.05) is 17.2 Å². The maximum atomic E-state index is 12.1. The van der Waals surface area contributed by atoms with E-state index in [1.807, 2.05) is 20.8 Å². The molecule has 25 heavy (non-hydrogen) atoms. The molecule has 0 aliphatic heterocycles. The molecule has 0 bridgehead atoms. The Morgan fingerprint density at radius 1 is 1.00 bits per heavy atom. The maximum Gasteiger partial charge on any atom is 0.251 e. The monoisotopic (exact) mass is 359 g/mol. The van der Waals surface area contributed by atoms with Crippen LogP contribution in [0.5, 0.6) is 0 Å². The van der Waals surface area contributed by atoms with Crippen LogP contribution in [0.15, 0.2) is 48.5 Å². The quantitative estimate of drug-likeness (QED) is 0.757. The second kappa shape index (κ2) is 8.03. The third-order valence-corrected chi connectivity index (χ3v) is 3.57. The zero-order valence-electron chi connectivity index (χ0n) is 14.5. The molecule has 132 valence electrons. The minimum absolute atomic E-state index is 0.0960. The summed E-state index contributed by atoms with van der Waals surface area (Å²) in [5, 5.41) is 9.14. The molecule has 0 atom stereocenters. The predicted octanol–water partition coefficient (Wildman–Crippen LogP) is 3.92. The maximum absolute atomic E-state index is 12.1. The number of benzene rings is 2. The summed E-state index contributed by atoms with van der Waals surface area (Å²) in [5.74, 6) is -0.335. The van der Waals surface area contributed by atoms with Gasteiger partial charge in [0.25, 0.3) is 5.91 Å². The van der Waals surface area contributed by atoms with Gasteiger partial charge in [0, 0.05) is 16.8 Å². The summed E-state index contributed by atoms with van der Waals surface area (Å²) in [6.07, 6.45) is 0. The number of halogens is 1. The Hall–Kier alpha value is -2.53. The number of hydrogen-bond acceptors (Lipinski definition) is 3. The molecule has 2 aromatic rings. The molecule has 2 rings (SSSR count). The first-order valence-electron chi connectivity index (χ1n) is 7.95. The van der Waals surface area contributed by atoms with Gasteiger partial charge < -0.3 is 16.0 Å². The molecular formula is C19H22ClN3O2. The van der Waals surface area contributed by atoms with Gasteiger partial charge in [-0.05, 0) is 57.2 Å². The van der Waals surface area contributed by atoms with Gasteiger partial charge in [0.15, 0.2) is 0 Å². The van der Waals surface area contributed by atoms with Crippen molar-refractivity contribution < 1.29 is 9.59 Å². The topological polar surface area (TPSA) is 70.2 Å². The first-order valence-corrected chi connectivity index (χ1v) is 8.33. The smallest absolute Gasteiger partial charge is 0.251 e. The highest BCUT2D eigenvalue weighted by Crippen LogP contribution is 2.20. The van der Waals surface area contributed by atoms with Crippen molar-refractivity contribution in [3.8, 4) is 0 Å². The lowest BCUT2D eigenvalue weighted by molar-refractivity contribution is -0.114. The second-order valence-electron chi connectivity index (χ2n) is 6.66. The fraction of sp³-hybridized carbons (Fsp3) is 0.263. The normalized spacial score (nSPS) is 10.9. The average molecular weight is 360 g/mol. The summed E-state index contributed by atoms with van der Waals surface area (Å²) in [7, 11) is 0. The number of para-hydroxylation sites is 1. The summed E-state index contributed by atoms with van der Waals surface area (Å²) < 4.78 is 0. The molecule has 0 fully saturated rings. The average Bonchev–Trinajstić information content (AvgIpc) is 2.54. The molecule has 0 saturated carbocycles. The minimum Gasteiger partial charge on any atom is -0.376 e. The Balaban J connectivity index is 1.88. The van der Waals surface area contributed by atoms with Crippen molar-refractivity contribution in [1.29, 1.82) is 0 Å². The van der Waals surface area contributed by atoms with E-state index in [2.05, 4.69) is 16.0 Å². The molecule has 0 aliphatic carbocycles. The van der Waals surface area contributed by atoms with E-state index in [-0.39, 0.29) is 23.9 Å². The summed E-state index contributed by atoms with van der Waals surface area (Å²) in [6.45, 7) is 5.88. The molecule has 0 unspecified atom stereocenters. The molecular weight excluding hydrogens is 338 g/mol. The lowest BCUT2D eigenvalue weighted by Crippen LogP contribution is -2.40. The molecule has 0 saturated heterocycles. The predicted molar refractivity (Wildman–Crippen MR) is 102 cm³/mol. The SMILES string of the molecule is CC(C)(C)NC(=O)c1ccc(NCC(=O)Nc2ccccc2Cl)cc1. The highest BCUT2D eigenvalue weighted by molar-refractivity contribution is 6.33. The van der Waals surface area contributed by atoms with Crippen molar-refractivity contribution >= 4 is 34.8 Å². The number of anilines is 2. The van der Waals surface area contributed by atoms with Gasteiger partial charge in [0.1, 0.15) is 0 Å². The van der Waals surface area contributed by atoms with Gasteiger partial charge in [-0.2, -0.15) is 0 Å². The van der Waals surface area contributed by atoms with E-state index < -0.39 is 0 Å². The van der Waals surface area contributed by atoms with E-state index >= 15 is 0 Å². The van der Waals surface area contributed by atoms with Gasteiger partial charge in [-0.1, -0.05) is 23.7 Å². The molecule has 0 aliphatic rings. The van der Waals surface area contributed by atoms with Crippen molar-refractivity contribution in [3.05, 3.63) is 59.1 Å². The van der Waals surface area contributed by atoms with E-state index in [0.717, 1.165) is 5.69 Å². The number of nitrogens with one attached hydrogen (secondary N) is 3. The van der Waals surface area contributed by atoms with Crippen LogP contribution in [0.4, 0.5) is 11.4 Å². The van der Waals surface area contributed by atoms with E-state index in [0.29, 0.717) is 16.3 Å². The van der Waals surface area contributed by atoms with Gasteiger partial charge in [-0.15, -0.1) is 0 Å². The summed E-state index contributed by atoms with van der Waals surface area (Å²) in [6, 6.07) is 14.0. The van der Waals surface area contributed by atoms with Crippen molar-refractivity contribution in [2.45, 2.75) is 26.3 Å². The Kier molecular flexibility index (Phi) is 6.04. The molecule has 2 amide bonds. The summed E-state index contributed by atoms with van der Waals surface area (Å²) >= 11 is 6.01. The second-order valence-corrected chi connectivity index (χ2v) is 7.07. The van der Waals surface area contributed by atoms with E-state index in [9.17, 15) is 9.59 Å². The Labute approximate surface area is 152 Å². The highest BCUT2D eigenvalue weighted by atomic mass is 35.5. The van der Waals surface area contributed by atoms with Crippen LogP contribution in [0.1, 0.15) is 31.1 Å². The Bertz CT molecular complexity index is 752. The van der Waals surface area contributed by atoms with E-state index in [4.69, 9.17) is 11.6 Å². The first kappa shape index (κ1) is 18.8. The van der Waals surface area contributed by atoms with E-state index in [1.165, 1.54) is 0 Å². The number of carbonyl (C=O) groups is 2. The molecule has 6 heteroatoms. The van der Waals surface area contributed by atoms with Crippen LogP contribution >= 0.6 is 11.6 Å². The molecule has 2 aromatic carbocycles. The molecule has 5 nitrogen and oxygen atoms in total. The third kappa shape index (κ3) is 6.12. The largest absolute Gasteiger partial charge is 0.376 e. The van der Waals surface area contributed by atoms with Crippen molar-refractivity contribution in [2.24, 2.45) is 0 Å². The van der Waals surface area contributed by atoms with Crippen molar-refractivity contribution in [3.63, 3.8) is 0 Å². The van der Waals surface area contributed by atoms with Gasteiger partial charge in [-0.3, -0.25) is 9.59 Å². The van der Waals surface area contributed by atoms with Crippen LogP contribution in [0.3, 0.4) is 0 Å². The van der Waals surface area contributed by atoms with Gasteiger partial charge >= 0.3 is 0 Å². The van der Waals surface area contributed by atoms with Crippen LogP contribution in [-0.2, 0) is 4.79 Å². The standard InChI is InChI=1S/C19H22ClN3O2/c1-19(2,3)23-18(25)13-8-10-14(11-9-13)21-12-17(24)22-16-7-5-4-6-15(16)20/h4-11,21H,12H2,1-3H3,(H,22,24)(H,23,25). The fourth-order valence-corrected chi connectivity index (χ4v) is 2.27. The van der Waals surface area contributed by atoms with Gasteiger partial charge in [-0.25, -0.2) is 0 Å². The third-order valence-electron chi connectivity index (χ3n) is 3.24. The number of rotatable bonds is 5. The number of hydrogen-bond donors (Lipinski definition) is 3. The molecule has 0 aromatic heterocycles. The zero-order chi connectivity index (χ0) is 18.4. The van der Waals surface area contributed by atoms with Crippen LogP contribution < -0.4 is 16.0 Å².